The zero-order valence-corrected chi connectivity index (χ0v) is 14.1. The molecule has 1 rings (SSSR count). The lowest BCUT2D eigenvalue weighted by molar-refractivity contribution is 0.0518. The van der Waals surface area contributed by atoms with Crippen LogP contribution in [0.4, 0.5) is 0 Å². The van der Waals surface area contributed by atoms with Gasteiger partial charge in [-0.05, 0) is 40.7 Å². The van der Waals surface area contributed by atoms with Gasteiger partial charge in [0.05, 0.1) is 6.17 Å². The van der Waals surface area contributed by atoms with Crippen molar-refractivity contribution < 1.29 is 13.3 Å². The van der Waals surface area contributed by atoms with Gasteiger partial charge in [-0.2, -0.15) is 0 Å². The standard InChI is InChI=1S/C14H31NO3Si/c1-5-16-19(17-6-2,18-7-3)13-15(4)14-11-9-8-10-12-14/h14H,5-13H2,1-4H3. The summed E-state index contributed by atoms with van der Waals surface area (Å²) in [4.78, 5) is 2.41. The predicted molar refractivity (Wildman–Crippen MR) is 80.1 cm³/mol. The van der Waals surface area contributed by atoms with Crippen molar-refractivity contribution in [1.82, 2.24) is 4.90 Å². The Kier molecular flexibility index (Phi) is 8.17. The summed E-state index contributed by atoms with van der Waals surface area (Å²) >= 11 is 0. The fourth-order valence-corrected chi connectivity index (χ4v) is 5.59. The number of hydrogen-bond donors (Lipinski definition) is 0. The Morgan fingerprint density at radius 2 is 1.37 bits per heavy atom. The van der Waals surface area contributed by atoms with Gasteiger partial charge in [0, 0.05) is 25.9 Å². The van der Waals surface area contributed by atoms with Gasteiger partial charge in [-0.3, -0.25) is 4.90 Å². The molecular weight excluding hydrogens is 258 g/mol. The molecule has 1 aliphatic rings. The third-order valence-electron chi connectivity index (χ3n) is 3.73. The summed E-state index contributed by atoms with van der Waals surface area (Å²) in [6.45, 7) is 8.02. The second-order valence-electron chi connectivity index (χ2n) is 5.19. The van der Waals surface area contributed by atoms with E-state index in [1.165, 1.54) is 32.1 Å². The summed E-state index contributed by atoms with van der Waals surface area (Å²) in [7, 11) is -0.327. The molecule has 0 bridgehead atoms. The maximum Gasteiger partial charge on any atom is 0.515 e. The van der Waals surface area contributed by atoms with E-state index in [-0.39, 0.29) is 0 Å². The molecule has 0 N–H and O–H groups in total. The highest BCUT2D eigenvalue weighted by molar-refractivity contribution is 6.60. The van der Waals surface area contributed by atoms with Crippen LogP contribution in [0.5, 0.6) is 0 Å². The summed E-state index contributed by atoms with van der Waals surface area (Å²) in [5.41, 5.74) is 0. The molecule has 5 heteroatoms. The van der Waals surface area contributed by atoms with Crippen LogP contribution in [0.2, 0.25) is 0 Å². The summed E-state index contributed by atoms with van der Waals surface area (Å²) < 4.78 is 17.8. The Hall–Kier alpha value is 0.0569. The van der Waals surface area contributed by atoms with Crippen molar-refractivity contribution in [3.8, 4) is 0 Å². The minimum absolute atomic E-state index is 0.657. The third kappa shape index (κ3) is 5.51. The summed E-state index contributed by atoms with van der Waals surface area (Å²) in [6.07, 6.45) is 7.49. The minimum Gasteiger partial charge on any atom is -0.373 e. The second-order valence-corrected chi connectivity index (χ2v) is 7.74. The van der Waals surface area contributed by atoms with E-state index in [4.69, 9.17) is 13.3 Å². The molecule has 19 heavy (non-hydrogen) atoms. The second kappa shape index (κ2) is 9.08. The molecule has 0 aromatic carbocycles. The lowest BCUT2D eigenvalue weighted by Crippen LogP contribution is -2.56. The van der Waals surface area contributed by atoms with E-state index in [0.717, 1.165) is 6.17 Å². The molecule has 0 saturated heterocycles. The van der Waals surface area contributed by atoms with Crippen molar-refractivity contribution in [2.24, 2.45) is 0 Å². The molecule has 4 nitrogen and oxygen atoms in total. The van der Waals surface area contributed by atoms with Gasteiger partial charge in [0.25, 0.3) is 0 Å². The van der Waals surface area contributed by atoms with E-state index < -0.39 is 8.80 Å². The van der Waals surface area contributed by atoms with Gasteiger partial charge in [-0.25, -0.2) is 0 Å². The maximum absolute atomic E-state index is 5.92. The fourth-order valence-electron chi connectivity index (χ4n) is 2.88. The quantitative estimate of drug-likeness (QED) is 0.611. The molecule has 0 spiro atoms. The molecular formula is C14H31NO3Si. The van der Waals surface area contributed by atoms with Gasteiger partial charge >= 0.3 is 8.80 Å². The van der Waals surface area contributed by atoms with E-state index in [0.29, 0.717) is 25.9 Å². The van der Waals surface area contributed by atoms with Crippen molar-refractivity contribution >= 4 is 8.80 Å². The summed E-state index contributed by atoms with van der Waals surface area (Å²) in [6, 6.07) is 0.669. The van der Waals surface area contributed by atoms with Crippen molar-refractivity contribution in [3.05, 3.63) is 0 Å². The van der Waals surface area contributed by atoms with Crippen molar-refractivity contribution in [3.63, 3.8) is 0 Å². The first-order chi connectivity index (χ1) is 9.17. The minimum atomic E-state index is -2.52. The number of nitrogens with zero attached hydrogens (tertiary/aromatic N) is 1. The zero-order valence-electron chi connectivity index (χ0n) is 13.1. The molecule has 1 aliphatic carbocycles. The average molecular weight is 289 g/mol. The maximum atomic E-state index is 5.92. The largest absolute Gasteiger partial charge is 0.515 e. The topological polar surface area (TPSA) is 30.9 Å². The molecule has 0 atom stereocenters. The highest BCUT2D eigenvalue weighted by Crippen LogP contribution is 2.23. The lowest BCUT2D eigenvalue weighted by atomic mass is 9.95. The molecule has 0 unspecified atom stereocenters. The molecule has 0 aliphatic heterocycles. The van der Waals surface area contributed by atoms with Gasteiger partial charge in [-0.1, -0.05) is 19.3 Å². The SMILES string of the molecule is CCO[Si](CN(C)C1CCCCC1)(OCC)OCC. The van der Waals surface area contributed by atoms with Crippen molar-refractivity contribution in [2.45, 2.75) is 58.9 Å². The Bertz CT molecular complexity index is 218. The van der Waals surface area contributed by atoms with Crippen LogP contribution < -0.4 is 0 Å². The molecule has 0 heterocycles. The zero-order chi connectivity index (χ0) is 14.1. The predicted octanol–water partition coefficient (Wildman–Crippen LogP) is 2.84. The van der Waals surface area contributed by atoms with Gasteiger partial charge in [0.2, 0.25) is 0 Å². The molecule has 0 radical (unpaired) electrons. The first-order valence-corrected chi connectivity index (χ1v) is 9.72. The summed E-state index contributed by atoms with van der Waals surface area (Å²) in [5.74, 6) is 0. The average Bonchev–Trinajstić information content (AvgIpc) is 2.40. The molecule has 114 valence electrons. The van der Waals surface area contributed by atoms with Crippen LogP contribution in [0.3, 0.4) is 0 Å². The Balaban J connectivity index is 2.62. The van der Waals surface area contributed by atoms with Crippen LogP contribution in [0.1, 0.15) is 52.9 Å². The fraction of sp³-hybridized carbons (Fsp3) is 1.00. The van der Waals surface area contributed by atoms with E-state index in [1.807, 2.05) is 20.8 Å². The Labute approximate surface area is 119 Å². The van der Waals surface area contributed by atoms with E-state index in [9.17, 15) is 0 Å². The number of hydrogen-bond acceptors (Lipinski definition) is 4. The van der Waals surface area contributed by atoms with Gasteiger partial charge in [0.1, 0.15) is 0 Å². The Morgan fingerprint density at radius 1 is 0.895 bits per heavy atom. The molecule has 1 saturated carbocycles. The molecule has 0 aromatic heterocycles. The van der Waals surface area contributed by atoms with E-state index in [1.54, 1.807) is 0 Å². The first-order valence-electron chi connectivity index (χ1n) is 7.79. The number of rotatable bonds is 9. The third-order valence-corrected chi connectivity index (χ3v) is 6.81. The first kappa shape index (κ1) is 17.1. The van der Waals surface area contributed by atoms with Crippen molar-refractivity contribution in [1.29, 1.82) is 0 Å². The lowest BCUT2D eigenvalue weighted by Gasteiger charge is -2.37. The Morgan fingerprint density at radius 3 is 1.79 bits per heavy atom. The van der Waals surface area contributed by atoms with E-state index in [2.05, 4.69) is 11.9 Å². The monoisotopic (exact) mass is 289 g/mol. The van der Waals surface area contributed by atoms with Crippen molar-refractivity contribution in [2.75, 3.05) is 33.0 Å². The molecule has 0 aromatic rings. The van der Waals surface area contributed by atoms with Crippen LogP contribution in [-0.4, -0.2) is 52.8 Å². The van der Waals surface area contributed by atoms with Crippen LogP contribution in [-0.2, 0) is 13.3 Å². The van der Waals surface area contributed by atoms with E-state index >= 15 is 0 Å². The smallest absolute Gasteiger partial charge is 0.373 e. The highest BCUT2D eigenvalue weighted by Gasteiger charge is 2.42. The van der Waals surface area contributed by atoms with Crippen LogP contribution >= 0.6 is 0 Å². The van der Waals surface area contributed by atoms with Gasteiger partial charge < -0.3 is 13.3 Å². The van der Waals surface area contributed by atoms with Gasteiger partial charge in [0.15, 0.2) is 0 Å². The summed E-state index contributed by atoms with van der Waals surface area (Å²) in [5, 5.41) is 0. The molecule has 0 amide bonds. The highest BCUT2D eigenvalue weighted by atomic mass is 28.4. The van der Waals surface area contributed by atoms with Crippen LogP contribution in [0, 0.1) is 0 Å². The molecule has 1 fully saturated rings. The normalized spacial score (nSPS) is 18.2. The van der Waals surface area contributed by atoms with Gasteiger partial charge in [-0.15, -0.1) is 0 Å². The van der Waals surface area contributed by atoms with Crippen LogP contribution in [0.15, 0.2) is 0 Å². The van der Waals surface area contributed by atoms with Crippen LogP contribution in [0.25, 0.3) is 0 Å².